The fourth-order valence-electron chi connectivity index (χ4n) is 4.01. The second-order valence-electron chi connectivity index (χ2n) is 10.6. The maximum atomic E-state index is 13.7. The lowest BCUT2D eigenvalue weighted by atomic mass is 9.84. The van der Waals surface area contributed by atoms with Crippen molar-refractivity contribution >= 4 is 29.5 Å². The van der Waals surface area contributed by atoms with Crippen molar-refractivity contribution in [3.8, 4) is 0 Å². The van der Waals surface area contributed by atoms with E-state index >= 15 is 0 Å². The maximum absolute atomic E-state index is 13.7. The average Bonchev–Trinajstić information content (AvgIpc) is 2.94. The summed E-state index contributed by atoms with van der Waals surface area (Å²) in [6.07, 6.45) is 1.78. The number of amides is 2. The maximum Gasteiger partial charge on any atom is 0.333 e. The molecule has 0 unspecified atom stereocenters. The molecular formula is C24H43N3O4S. The molecule has 1 rings (SSSR count). The van der Waals surface area contributed by atoms with Gasteiger partial charge in [-0.1, -0.05) is 40.7 Å². The van der Waals surface area contributed by atoms with Crippen molar-refractivity contribution in [3.63, 3.8) is 0 Å². The number of thioether (sulfide) groups is 1. The van der Waals surface area contributed by atoms with Crippen LogP contribution in [0.5, 0.6) is 0 Å². The summed E-state index contributed by atoms with van der Waals surface area (Å²) in [5, 5.41) is 3.06. The first kappa shape index (κ1) is 28.5. The standard InChI is InChI=1S/C24H43N3O4S/c1-12-31-22(30)16(4)13-17(15(2)3)27(11)21(29)18(23(5,6)7)25-20(28)19-24(8,9)32-14-26(19)10/h13,15,17-19H,12,14H2,1-11H3,(H,25,28)/b16-13+/t17-,18-,19-/m1/s1. The fourth-order valence-corrected chi connectivity index (χ4v) is 5.14. The molecule has 0 aromatic carbocycles. The van der Waals surface area contributed by atoms with E-state index in [1.165, 1.54) is 0 Å². The Hall–Kier alpha value is -1.54. The molecule has 0 bridgehead atoms. The highest BCUT2D eigenvalue weighted by Crippen LogP contribution is 2.38. The summed E-state index contributed by atoms with van der Waals surface area (Å²) in [6, 6.07) is -1.33. The molecule has 0 aromatic heterocycles. The van der Waals surface area contributed by atoms with E-state index in [1.807, 2.05) is 46.6 Å². The molecule has 0 aromatic rings. The molecule has 1 aliphatic rings. The molecule has 1 heterocycles. The van der Waals surface area contributed by atoms with Gasteiger partial charge in [-0.3, -0.25) is 14.5 Å². The Balaban J connectivity index is 3.18. The molecular weight excluding hydrogens is 426 g/mol. The minimum atomic E-state index is -0.702. The van der Waals surface area contributed by atoms with Crippen LogP contribution < -0.4 is 5.32 Å². The summed E-state index contributed by atoms with van der Waals surface area (Å²) >= 11 is 1.73. The van der Waals surface area contributed by atoms with Crippen LogP contribution >= 0.6 is 11.8 Å². The Morgan fingerprint density at radius 2 is 1.84 bits per heavy atom. The Bertz CT molecular complexity index is 727. The van der Waals surface area contributed by atoms with Gasteiger partial charge in [-0.25, -0.2) is 4.79 Å². The van der Waals surface area contributed by atoms with Crippen LogP contribution in [0.1, 0.15) is 62.3 Å². The smallest absolute Gasteiger partial charge is 0.333 e. The number of esters is 1. The molecule has 32 heavy (non-hydrogen) atoms. The van der Waals surface area contributed by atoms with Crippen molar-refractivity contribution in [2.45, 2.75) is 85.2 Å². The Kier molecular flexibility index (Phi) is 9.84. The summed E-state index contributed by atoms with van der Waals surface area (Å²) in [5.74, 6) is 0.142. The van der Waals surface area contributed by atoms with Crippen LogP contribution in [0.25, 0.3) is 0 Å². The van der Waals surface area contributed by atoms with Gasteiger partial charge in [0.1, 0.15) is 12.1 Å². The first-order valence-corrected chi connectivity index (χ1v) is 12.3. The van der Waals surface area contributed by atoms with Gasteiger partial charge in [-0.15, -0.1) is 11.8 Å². The molecule has 0 radical (unpaired) electrons. The van der Waals surface area contributed by atoms with Gasteiger partial charge < -0.3 is 15.0 Å². The van der Waals surface area contributed by atoms with Crippen LogP contribution in [0.2, 0.25) is 0 Å². The van der Waals surface area contributed by atoms with E-state index < -0.39 is 11.5 Å². The van der Waals surface area contributed by atoms with Gasteiger partial charge in [0, 0.05) is 23.2 Å². The third kappa shape index (κ3) is 6.98. The van der Waals surface area contributed by atoms with E-state index in [1.54, 1.807) is 43.6 Å². The molecule has 8 heteroatoms. The Morgan fingerprint density at radius 3 is 2.25 bits per heavy atom. The van der Waals surface area contributed by atoms with E-state index in [0.29, 0.717) is 12.2 Å². The second-order valence-corrected chi connectivity index (χ2v) is 12.2. The monoisotopic (exact) mass is 469 g/mol. The number of nitrogens with zero attached hydrogens (tertiary/aromatic N) is 2. The summed E-state index contributed by atoms with van der Waals surface area (Å²) in [4.78, 5) is 42.7. The van der Waals surface area contributed by atoms with Crippen LogP contribution in [-0.4, -0.2) is 77.0 Å². The molecule has 1 saturated heterocycles. The number of hydrogen-bond donors (Lipinski definition) is 1. The number of likely N-dealkylation sites (N-methyl/N-ethyl adjacent to an activating group) is 2. The second kappa shape index (κ2) is 11.1. The van der Waals surface area contributed by atoms with Gasteiger partial charge in [0.05, 0.1) is 12.6 Å². The molecule has 3 atom stereocenters. The quantitative estimate of drug-likeness (QED) is 0.434. The number of carbonyl (C=O) groups is 3. The molecule has 7 nitrogen and oxygen atoms in total. The van der Waals surface area contributed by atoms with Crippen molar-refractivity contribution in [3.05, 3.63) is 11.6 Å². The molecule has 0 aliphatic carbocycles. The number of carbonyl (C=O) groups excluding carboxylic acids is 3. The van der Waals surface area contributed by atoms with Gasteiger partial charge in [-0.2, -0.15) is 0 Å². The van der Waals surface area contributed by atoms with E-state index in [9.17, 15) is 14.4 Å². The number of rotatable bonds is 8. The summed E-state index contributed by atoms with van der Waals surface area (Å²) < 4.78 is 4.85. The first-order chi connectivity index (χ1) is 14.5. The lowest BCUT2D eigenvalue weighted by Gasteiger charge is -2.39. The van der Waals surface area contributed by atoms with Gasteiger partial charge in [0.2, 0.25) is 11.8 Å². The lowest BCUT2D eigenvalue weighted by molar-refractivity contribution is -0.141. The third-order valence-corrected chi connectivity index (χ3v) is 7.39. The molecule has 184 valence electrons. The van der Waals surface area contributed by atoms with E-state index in [4.69, 9.17) is 4.74 Å². The summed E-state index contributed by atoms with van der Waals surface area (Å²) in [6.45, 7) is 17.7. The highest BCUT2D eigenvalue weighted by molar-refractivity contribution is 8.00. The van der Waals surface area contributed by atoms with Gasteiger partial charge in [0.15, 0.2) is 0 Å². The lowest BCUT2D eigenvalue weighted by Crippen LogP contribution is -2.60. The largest absolute Gasteiger partial charge is 0.463 e. The predicted octanol–water partition coefficient (Wildman–Crippen LogP) is 3.29. The van der Waals surface area contributed by atoms with Crippen molar-refractivity contribution in [2.24, 2.45) is 11.3 Å². The van der Waals surface area contributed by atoms with Gasteiger partial charge in [0.25, 0.3) is 0 Å². The number of ether oxygens (including phenoxy) is 1. The molecule has 2 amide bonds. The van der Waals surface area contributed by atoms with Crippen molar-refractivity contribution in [2.75, 3.05) is 26.6 Å². The van der Waals surface area contributed by atoms with Gasteiger partial charge >= 0.3 is 5.97 Å². The molecule has 1 aliphatic heterocycles. The van der Waals surface area contributed by atoms with Crippen LogP contribution in [0, 0.1) is 11.3 Å². The third-order valence-electron chi connectivity index (χ3n) is 5.88. The van der Waals surface area contributed by atoms with Crippen LogP contribution in [-0.2, 0) is 19.1 Å². The van der Waals surface area contributed by atoms with Crippen molar-refractivity contribution in [1.29, 1.82) is 0 Å². The Labute approximate surface area is 198 Å². The first-order valence-electron chi connectivity index (χ1n) is 11.3. The zero-order chi connectivity index (χ0) is 25.0. The summed E-state index contributed by atoms with van der Waals surface area (Å²) in [5.41, 5.74) is -0.0235. The van der Waals surface area contributed by atoms with Gasteiger partial charge in [-0.05, 0) is 46.1 Å². The fraction of sp³-hybridized carbons (Fsp3) is 0.792. The minimum absolute atomic E-state index is 0.0703. The SMILES string of the molecule is CCOC(=O)/C(C)=C/[C@H](C(C)C)N(C)C(=O)[C@@H](NC(=O)[C@H]1N(C)CSC1(C)C)C(C)(C)C. The van der Waals surface area contributed by atoms with E-state index in [-0.39, 0.29) is 40.5 Å². The molecule has 1 N–H and O–H groups in total. The molecule has 1 fully saturated rings. The zero-order valence-electron chi connectivity index (χ0n) is 21.7. The Morgan fingerprint density at radius 1 is 1.28 bits per heavy atom. The zero-order valence-corrected chi connectivity index (χ0v) is 22.6. The number of hydrogen-bond acceptors (Lipinski definition) is 6. The van der Waals surface area contributed by atoms with E-state index in [2.05, 4.69) is 19.2 Å². The average molecular weight is 470 g/mol. The van der Waals surface area contributed by atoms with Crippen LogP contribution in [0.4, 0.5) is 0 Å². The normalized spacial score (nSPS) is 21.2. The molecule has 0 saturated carbocycles. The predicted molar refractivity (Wildman–Crippen MR) is 131 cm³/mol. The minimum Gasteiger partial charge on any atom is -0.463 e. The van der Waals surface area contributed by atoms with Crippen molar-refractivity contribution in [1.82, 2.24) is 15.1 Å². The topological polar surface area (TPSA) is 79.0 Å². The van der Waals surface area contributed by atoms with Crippen molar-refractivity contribution < 1.29 is 19.1 Å². The highest BCUT2D eigenvalue weighted by Gasteiger charge is 2.46. The highest BCUT2D eigenvalue weighted by atomic mass is 32.2. The van der Waals surface area contributed by atoms with E-state index in [0.717, 1.165) is 5.88 Å². The van der Waals surface area contributed by atoms with Crippen LogP contribution in [0.15, 0.2) is 11.6 Å². The number of nitrogens with one attached hydrogen (secondary N) is 1. The van der Waals surface area contributed by atoms with Crippen LogP contribution in [0.3, 0.4) is 0 Å². The molecule has 0 spiro atoms. The summed E-state index contributed by atoms with van der Waals surface area (Å²) in [7, 11) is 3.66.